The van der Waals surface area contributed by atoms with E-state index in [1.807, 2.05) is 0 Å². The van der Waals surface area contributed by atoms with E-state index in [4.69, 9.17) is 28.7 Å². The van der Waals surface area contributed by atoms with Gasteiger partial charge in [0.15, 0.2) is 0 Å². The van der Waals surface area contributed by atoms with Crippen LogP contribution in [0.4, 0.5) is 0 Å². The Morgan fingerprint density at radius 3 is 1.40 bits per heavy atom. The lowest BCUT2D eigenvalue weighted by atomic mass is 9.86. The highest BCUT2D eigenvalue weighted by Crippen LogP contribution is 2.27. The van der Waals surface area contributed by atoms with Crippen molar-refractivity contribution in [2.45, 2.75) is 217 Å². The fourth-order valence-electron chi connectivity index (χ4n) is 9.81. The van der Waals surface area contributed by atoms with Crippen molar-refractivity contribution in [2.24, 2.45) is 46.4 Å². The van der Waals surface area contributed by atoms with Crippen molar-refractivity contribution < 1.29 is 63.0 Å². The summed E-state index contributed by atoms with van der Waals surface area (Å²) in [6.07, 6.45) is 3.23. The minimum absolute atomic E-state index is 0.00338. The van der Waals surface area contributed by atoms with Crippen LogP contribution < -0.4 is 87.2 Å². The maximum absolute atomic E-state index is 14.4. The molecule has 29 nitrogen and oxygen atoms in total. The number of carbonyl (C=O) groups excluding carboxylic acids is 11. The number of hydrogen-bond donors (Lipinski definition) is 18. The van der Waals surface area contributed by atoms with Crippen molar-refractivity contribution in [2.75, 3.05) is 39.3 Å². The topological polar surface area (TPSA) is 491 Å². The summed E-state index contributed by atoms with van der Waals surface area (Å²) >= 11 is 0. The summed E-state index contributed by atoms with van der Waals surface area (Å²) in [6, 6.07) is -14.5. The number of nitrogens with one attached hydrogen (secondary N) is 11. The monoisotopic (exact) mass is 1180 g/mol. The Hall–Kier alpha value is -6.11. The van der Waals surface area contributed by atoms with Crippen LogP contribution in [0.15, 0.2) is 0 Å². The fraction of sp³-hybridized carbons (Fsp3) is 0.796. The van der Waals surface area contributed by atoms with E-state index in [2.05, 4.69) is 58.5 Å². The van der Waals surface area contributed by atoms with Crippen LogP contribution in [-0.4, -0.2) is 187 Å². The van der Waals surface area contributed by atoms with Crippen molar-refractivity contribution in [1.29, 1.82) is 0 Å². The smallest absolute Gasteiger partial charge is 0.245 e. The number of carbonyl (C=O) groups is 11. The molecule has 2 fully saturated rings. The van der Waals surface area contributed by atoms with Crippen LogP contribution in [0.3, 0.4) is 0 Å². The molecule has 23 N–H and O–H groups in total. The van der Waals surface area contributed by atoms with Gasteiger partial charge in [0.25, 0.3) is 0 Å². The van der Waals surface area contributed by atoms with Crippen LogP contribution in [0.1, 0.15) is 144 Å². The molecule has 1 saturated carbocycles. The summed E-state index contributed by atoms with van der Waals surface area (Å²) in [4.78, 5) is 153. The SMILES string of the molecule is CC(C)C[C@@H]1NC(=O)[C@@H](CC(C)C)NC(=O)[C@H](CCN)NC(=O)[C@@H](NC(=O)[C@H](CCN)NC(=O)[C@@H](NC(=O)[C@H](CCN)NC(=O)CCCC2CCCCC2)[C@@H](C)O)CCNC(=O)[C@H]([C@@H](C)O)NC(=O)[C@H](CCN)NC(=O)[C@H](CCN)NC1=O. The summed E-state index contributed by atoms with van der Waals surface area (Å²) in [5.41, 5.74) is 29.3. The Morgan fingerprint density at radius 2 is 0.952 bits per heavy atom. The molecule has 0 radical (unpaired) electrons. The average molecular weight is 1180 g/mol. The normalized spacial score (nSPS) is 24.2. The first-order valence-corrected chi connectivity index (χ1v) is 29.5. The first kappa shape index (κ1) is 73.0. The molecule has 2 rings (SSSR count). The molecule has 0 aromatic heterocycles. The minimum atomic E-state index is -1.69. The molecule has 0 unspecified atom stereocenters. The van der Waals surface area contributed by atoms with Gasteiger partial charge in [-0.2, -0.15) is 0 Å². The number of rotatable bonds is 27. The highest BCUT2D eigenvalue weighted by atomic mass is 16.3. The zero-order valence-electron chi connectivity index (χ0n) is 49.5. The van der Waals surface area contributed by atoms with Crippen molar-refractivity contribution >= 4 is 65.0 Å². The Kier molecular flexibility index (Phi) is 34.0. The van der Waals surface area contributed by atoms with Crippen molar-refractivity contribution in [3.05, 3.63) is 0 Å². The molecule has 474 valence electrons. The van der Waals surface area contributed by atoms with Crippen LogP contribution >= 0.6 is 0 Å². The third-order valence-electron chi connectivity index (χ3n) is 14.4. The number of amides is 11. The van der Waals surface area contributed by atoms with E-state index in [0.717, 1.165) is 32.1 Å². The van der Waals surface area contributed by atoms with Crippen molar-refractivity contribution in [1.82, 2.24) is 58.5 Å². The highest BCUT2D eigenvalue weighted by Gasteiger charge is 2.38. The van der Waals surface area contributed by atoms with Gasteiger partial charge in [-0.1, -0.05) is 59.8 Å². The molecule has 29 heteroatoms. The summed E-state index contributed by atoms with van der Waals surface area (Å²) in [5, 5.41) is 49.7. The van der Waals surface area contributed by atoms with E-state index in [1.54, 1.807) is 27.7 Å². The lowest BCUT2D eigenvalue weighted by molar-refractivity contribution is -0.137. The average Bonchev–Trinajstić information content (AvgIpc) is 3.43. The molecule has 1 saturated heterocycles. The van der Waals surface area contributed by atoms with Crippen molar-refractivity contribution in [3.63, 3.8) is 0 Å². The third kappa shape index (κ3) is 26.6. The van der Waals surface area contributed by atoms with E-state index in [1.165, 1.54) is 20.3 Å². The van der Waals surface area contributed by atoms with Crippen LogP contribution in [-0.2, 0) is 52.7 Å². The molecule has 2 aliphatic rings. The van der Waals surface area contributed by atoms with Gasteiger partial charge in [-0.3, -0.25) is 52.7 Å². The van der Waals surface area contributed by atoms with Crippen molar-refractivity contribution in [3.8, 4) is 0 Å². The number of nitrogens with two attached hydrogens (primary N) is 5. The first-order valence-electron chi connectivity index (χ1n) is 29.5. The molecule has 1 aliphatic heterocycles. The molecule has 0 aromatic carbocycles. The molecule has 0 aromatic rings. The molecule has 83 heavy (non-hydrogen) atoms. The molecule has 0 bridgehead atoms. The fourth-order valence-corrected chi connectivity index (χ4v) is 9.81. The molecule has 12 atom stereocenters. The molecular weight excluding hydrogens is 1080 g/mol. The number of aliphatic hydroxyl groups is 2. The van der Waals surface area contributed by atoms with Crippen LogP contribution in [0.2, 0.25) is 0 Å². The van der Waals surface area contributed by atoms with Gasteiger partial charge >= 0.3 is 0 Å². The third-order valence-corrected chi connectivity index (χ3v) is 14.4. The lowest BCUT2D eigenvalue weighted by Crippen LogP contribution is -2.62. The Balaban J connectivity index is 2.59. The van der Waals surface area contributed by atoms with E-state index < -0.39 is 145 Å². The second kappa shape index (κ2) is 38.7. The summed E-state index contributed by atoms with van der Waals surface area (Å²) in [6.45, 7) is 8.48. The molecule has 1 heterocycles. The van der Waals surface area contributed by atoms with Gasteiger partial charge in [-0.25, -0.2) is 0 Å². The number of aliphatic hydroxyl groups excluding tert-OH is 2. The maximum Gasteiger partial charge on any atom is 0.245 e. The predicted octanol–water partition coefficient (Wildman–Crippen LogP) is -5.30. The zero-order valence-corrected chi connectivity index (χ0v) is 49.5. The van der Waals surface area contributed by atoms with E-state index in [9.17, 15) is 63.0 Å². The predicted molar refractivity (Wildman–Crippen MR) is 308 cm³/mol. The van der Waals surface area contributed by atoms with Gasteiger partial charge in [0.2, 0.25) is 65.0 Å². The minimum Gasteiger partial charge on any atom is -0.391 e. The van der Waals surface area contributed by atoms with Gasteiger partial charge in [0, 0.05) is 13.0 Å². The Labute approximate surface area is 487 Å². The maximum atomic E-state index is 14.4. The summed E-state index contributed by atoms with van der Waals surface area (Å²) < 4.78 is 0. The molecule has 11 amide bonds. The van der Waals surface area contributed by atoms with Crippen LogP contribution in [0.5, 0.6) is 0 Å². The van der Waals surface area contributed by atoms with Crippen LogP contribution in [0.25, 0.3) is 0 Å². The highest BCUT2D eigenvalue weighted by molar-refractivity contribution is 5.99. The zero-order chi connectivity index (χ0) is 62.3. The van der Waals surface area contributed by atoms with Gasteiger partial charge in [0.1, 0.15) is 60.4 Å². The quantitative estimate of drug-likeness (QED) is 0.0365. The van der Waals surface area contributed by atoms with E-state index in [0.29, 0.717) is 12.3 Å². The van der Waals surface area contributed by atoms with Crippen LogP contribution in [0, 0.1) is 17.8 Å². The number of hydrogen-bond acceptors (Lipinski definition) is 18. The summed E-state index contributed by atoms with van der Waals surface area (Å²) in [7, 11) is 0. The Morgan fingerprint density at radius 1 is 0.506 bits per heavy atom. The second-order valence-electron chi connectivity index (χ2n) is 22.6. The largest absolute Gasteiger partial charge is 0.391 e. The van der Waals surface area contributed by atoms with Gasteiger partial charge in [-0.05, 0) is 129 Å². The van der Waals surface area contributed by atoms with Gasteiger partial charge in [0.05, 0.1) is 12.2 Å². The standard InChI is InChI=1S/C54H100N16O13/c1-29(2)27-40-51(80)64-35(16-22-56)45(74)63-38(19-25-59)50(79)69-43(31(5)71)53(82)60-26-20-39(48(77)62-36(17-23-57)47(76)67-41(28-30(3)4)52(81)68-40)65-46(75)37(18-24-58)66-54(83)44(32(6)72)70-49(78)34(15-21-55)61-42(73)14-10-13-33-11-8-7-9-12-33/h29-41,43-44,71-72H,7-28,55-59H2,1-6H3,(H,60,82)(H,61,73)(H,62,77)(H,63,74)(H,64,80)(H,65,75)(H,66,83)(H,67,76)(H,68,81)(H,69,79)(H,70,78)/t31-,32-,34+,35+,36+,37+,38+,39+,40+,41-,43+,44+/m1/s1. The summed E-state index contributed by atoms with van der Waals surface area (Å²) in [5.74, 6) is -9.37. The molecular formula is C54H100N16O13. The molecule has 1 aliphatic carbocycles. The van der Waals surface area contributed by atoms with E-state index >= 15 is 0 Å². The first-order chi connectivity index (χ1) is 39.3. The van der Waals surface area contributed by atoms with Gasteiger partial charge in [-0.15, -0.1) is 0 Å². The second-order valence-corrected chi connectivity index (χ2v) is 22.6. The Bertz CT molecular complexity index is 2110. The molecule has 0 spiro atoms. The van der Waals surface area contributed by atoms with E-state index in [-0.39, 0.29) is 102 Å². The lowest BCUT2D eigenvalue weighted by Gasteiger charge is -2.29. The van der Waals surface area contributed by atoms with Gasteiger partial charge < -0.3 is 97.4 Å².